The van der Waals surface area contributed by atoms with Gasteiger partial charge in [-0.15, -0.1) is 0 Å². The molecule has 0 amide bonds. The molecule has 0 saturated heterocycles. The Kier molecular flexibility index (Phi) is 3.44. The number of aromatic amines is 2. The molecule has 1 aliphatic carbocycles. The summed E-state index contributed by atoms with van der Waals surface area (Å²) >= 11 is 0. The van der Waals surface area contributed by atoms with Crippen molar-refractivity contribution in [3.05, 3.63) is 62.6 Å². The molecule has 4 rings (SSSR count). The Morgan fingerprint density at radius 1 is 1.04 bits per heavy atom. The summed E-state index contributed by atoms with van der Waals surface area (Å²) in [7, 11) is 0. The van der Waals surface area contributed by atoms with Gasteiger partial charge in [-0.05, 0) is 29.9 Å². The van der Waals surface area contributed by atoms with Gasteiger partial charge in [0.25, 0.3) is 5.56 Å². The van der Waals surface area contributed by atoms with Gasteiger partial charge in [-0.2, -0.15) is 0 Å². The highest BCUT2D eigenvalue weighted by atomic mass is 16.1. The molecule has 24 heavy (non-hydrogen) atoms. The molecular weight excluding hydrogens is 302 g/mol. The third-order valence-electron chi connectivity index (χ3n) is 5.06. The number of allylic oxidation sites excluding steroid dienone is 2. The Hall–Kier alpha value is -2.56. The highest BCUT2D eigenvalue weighted by Crippen LogP contribution is 2.43. The first kappa shape index (κ1) is 15.0. The van der Waals surface area contributed by atoms with Gasteiger partial charge in [0.05, 0.1) is 5.56 Å². The molecule has 1 atom stereocenters. The third-order valence-corrected chi connectivity index (χ3v) is 5.06. The van der Waals surface area contributed by atoms with Crippen LogP contribution in [0.4, 0.5) is 5.82 Å². The number of carbonyl (C=O) groups is 1. The summed E-state index contributed by atoms with van der Waals surface area (Å²) in [6.07, 6.45) is 2.25. The van der Waals surface area contributed by atoms with Crippen LogP contribution in [-0.4, -0.2) is 16.0 Å². The lowest BCUT2D eigenvalue weighted by molar-refractivity contribution is -0.116. The van der Waals surface area contributed by atoms with Crippen LogP contribution in [0.1, 0.15) is 61.6 Å². The maximum atomic E-state index is 12.6. The summed E-state index contributed by atoms with van der Waals surface area (Å²) in [4.78, 5) is 25.0. The molecule has 0 bridgehead atoms. The van der Waals surface area contributed by atoms with Crippen molar-refractivity contribution in [3.63, 3.8) is 0 Å². The molecule has 0 unspecified atom stereocenters. The topological polar surface area (TPSA) is 77.8 Å². The average molecular weight is 323 g/mol. The van der Waals surface area contributed by atoms with Crippen molar-refractivity contribution in [1.82, 2.24) is 10.2 Å². The minimum Gasteiger partial charge on any atom is -0.343 e. The van der Waals surface area contributed by atoms with Crippen molar-refractivity contribution >= 4 is 11.6 Å². The summed E-state index contributed by atoms with van der Waals surface area (Å²) in [6, 6.07) is 8.29. The van der Waals surface area contributed by atoms with Crippen LogP contribution in [-0.2, 0) is 4.79 Å². The van der Waals surface area contributed by atoms with E-state index in [-0.39, 0.29) is 17.3 Å². The molecule has 5 nitrogen and oxygen atoms in total. The maximum Gasteiger partial charge on any atom is 0.270 e. The van der Waals surface area contributed by atoms with E-state index in [0.29, 0.717) is 23.7 Å². The fraction of sp³-hybridized carbons (Fsp3) is 0.368. The summed E-state index contributed by atoms with van der Waals surface area (Å²) in [5.74, 6) is 0.990. The molecule has 0 spiro atoms. The van der Waals surface area contributed by atoms with Gasteiger partial charge in [0, 0.05) is 23.6 Å². The van der Waals surface area contributed by atoms with E-state index in [1.54, 1.807) is 0 Å². The molecule has 2 aliphatic rings. The van der Waals surface area contributed by atoms with Crippen molar-refractivity contribution in [2.24, 2.45) is 0 Å². The Balaban J connectivity index is 1.89. The Bertz CT molecular complexity index is 884. The second-order valence-corrected chi connectivity index (χ2v) is 6.92. The number of rotatable bonds is 2. The van der Waals surface area contributed by atoms with E-state index in [9.17, 15) is 9.59 Å². The lowest BCUT2D eigenvalue weighted by atomic mass is 9.76. The van der Waals surface area contributed by atoms with Crippen molar-refractivity contribution in [2.75, 3.05) is 5.32 Å². The molecule has 0 radical (unpaired) electrons. The molecule has 2 heterocycles. The van der Waals surface area contributed by atoms with E-state index in [1.165, 1.54) is 5.56 Å². The fourth-order valence-electron chi connectivity index (χ4n) is 3.77. The zero-order chi connectivity index (χ0) is 16.8. The number of carbonyl (C=O) groups excluding carboxylic acids is 1. The number of hydrogen-bond acceptors (Lipinski definition) is 3. The van der Waals surface area contributed by atoms with Gasteiger partial charge in [0.1, 0.15) is 5.82 Å². The van der Waals surface area contributed by atoms with E-state index in [1.807, 2.05) is 12.1 Å². The van der Waals surface area contributed by atoms with Crippen LogP contribution >= 0.6 is 0 Å². The van der Waals surface area contributed by atoms with E-state index < -0.39 is 0 Å². The minimum absolute atomic E-state index is 0.146. The summed E-state index contributed by atoms with van der Waals surface area (Å²) in [6.45, 7) is 4.31. The number of fused-ring (bicyclic) bond motifs is 1. The summed E-state index contributed by atoms with van der Waals surface area (Å²) in [5.41, 5.74) is 4.40. The van der Waals surface area contributed by atoms with Crippen LogP contribution in [0, 0.1) is 0 Å². The molecule has 3 N–H and O–H groups in total. The first-order chi connectivity index (χ1) is 11.6. The molecule has 1 aromatic heterocycles. The first-order valence-corrected chi connectivity index (χ1v) is 8.50. The maximum absolute atomic E-state index is 12.6. The number of hydrogen-bond donors (Lipinski definition) is 3. The van der Waals surface area contributed by atoms with E-state index >= 15 is 0 Å². The van der Waals surface area contributed by atoms with Gasteiger partial charge in [-0.25, -0.2) is 0 Å². The van der Waals surface area contributed by atoms with Gasteiger partial charge in [0.15, 0.2) is 5.78 Å². The fourth-order valence-corrected chi connectivity index (χ4v) is 3.77. The second kappa shape index (κ2) is 5.51. The smallest absolute Gasteiger partial charge is 0.270 e. The number of nitrogens with one attached hydrogen (secondary N) is 3. The number of aromatic nitrogens is 2. The van der Waals surface area contributed by atoms with Gasteiger partial charge >= 0.3 is 0 Å². The Labute approximate surface area is 140 Å². The lowest BCUT2D eigenvalue weighted by Gasteiger charge is -2.31. The van der Waals surface area contributed by atoms with Crippen LogP contribution in [0.5, 0.6) is 0 Å². The molecule has 5 heteroatoms. The van der Waals surface area contributed by atoms with Gasteiger partial charge < -0.3 is 5.32 Å². The van der Waals surface area contributed by atoms with Crippen LogP contribution in [0.25, 0.3) is 0 Å². The predicted molar refractivity (Wildman–Crippen MR) is 93.3 cm³/mol. The van der Waals surface area contributed by atoms with Crippen molar-refractivity contribution in [2.45, 2.75) is 44.9 Å². The molecule has 124 valence electrons. The number of Topliss-reactive ketones (excluding diaryl/α,β-unsaturated/α-hetero) is 1. The predicted octanol–water partition coefficient (Wildman–Crippen LogP) is 3.39. The van der Waals surface area contributed by atoms with E-state index in [2.05, 4.69) is 41.5 Å². The van der Waals surface area contributed by atoms with Gasteiger partial charge in [0.2, 0.25) is 0 Å². The van der Waals surface area contributed by atoms with Crippen LogP contribution in [0.2, 0.25) is 0 Å². The quantitative estimate of drug-likeness (QED) is 0.793. The number of anilines is 1. The second-order valence-electron chi connectivity index (χ2n) is 6.92. The summed E-state index contributed by atoms with van der Waals surface area (Å²) < 4.78 is 0. The zero-order valence-electron chi connectivity index (χ0n) is 13.9. The molecule has 1 aromatic carbocycles. The molecular formula is C19H21N3O2. The SMILES string of the molecule is CC(C)c1ccc([C@H]2C3=C(CCCC3=O)Nc3[nH][nH]c(=O)c32)cc1. The van der Waals surface area contributed by atoms with E-state index in [0.717, 1.165) is 29.7 Å². The standard InChI is InChI=1S/C19H21N3O2/c1-10(2)11-6-8-12(9-7-11)15-16-13(4-3-5-14(16)23)20-18-17(15)19(24)22-21-18/h6-10,15H,3-5H2,1-2H3,(H3,20,21,22,24)/t15-/m0/s1. The number of ketones is 1. The normalized spacial score (nSPS) is 20.0. The summed E-state index contributed by atoms with van der Waals surface area (Å²) in [5, 5.41) is 8.81. The third kappa shape index (κ3) is 2.23. The van der Waals surface area contributed by atoms with Gasteiger partial charge in [-0.3, -0.25) is 19.8 Å². The van der Waals surface area contributed by atoms with Crippen molar-refractivity contribution in [3.8, 4) is 0 Å². The van der Waals surface area contributed by atoms with Crippen molar-refractivity contribution < 1.29 is 4.79 Å². The molecule has 1 aliphatic heterocycles. The number of benzene rings is 1. The van der Waals surface area contributed by atoms with Gasteiger partial charge in [-0.1, -0.05) is 38.1 Å². The first-order valence-electron chi connectivity index (χ1n) is 8.50. The van der Waals surface area contributed by atoms with Crippen LogP contribution < -0.4 is 10.9 Å². The Morgan fingerprint density at radius 3 is 2.50 bits per heavy atom. The molecule has 2 aromatic rings. The minimum atomic E-state index is -0.291. The van der Waals surface area contributed by atoms with Crippen molar-refractivity contribution in [1.29, 1.82) is 0 Å². The highest BCUT2D eigenvalue weighted by molar-refractivity contribution is 6.00. The van der Waals surface area contributed by atoms with Crippen LogP contribution in [0.15, 0.2) is 40.3 Å². The lowest BCUT2D eigenvalue weighted by Crippen LogP contribution is -2.29. The highest BCUT2D eigenvalue weighted by Gasteiger charge is 2.37. The molecule has 0 saturated carbocycles. The molecule has 0 fully saturated rings. The van der Waals surface area contributed by atoms with Crippen LogP contribution in [0.3, 0.4) is 0 Å². The van der Waals surface area contributed by atoms with E-state index in [4.69, 9.17) is 0 Å². The average Bonchev–Trinajstić information content (AvgIpc) is 2.94. The zero-order valence-corrected chi connectivity index (χ0v) is 13.9. The Morgan fingerprint density at radius 2 is 1.79 bits per heavy atom. The monoisotopic (exact) mass is 323 g/mol. The largest absolute Gasteiger partial charge is 0.343 e. The number of H-pyrrole nitrogens is 2.